The van der Waals surface area contributed by atoms with Crippen LogP contribution in [0.4, 0.5) is 13.2 Å². The van der Waals surface area contributed by atoms with Crippen molar-refractivity contribution < 1.29 is 18.0 Å². The van der Waals surface area contributed by atoms with Crippen LogP contribution in [0.1, 0.15) is 59.2 Å². The van der Waals surface area contributed by atoms with Gasteiger partial charge in [-0.2, -0.15) is 23.5 Å². The highest BCUT2D eigenvalue weighted by molar-refractivity contribution is 7.12. The van der Waals surface area contributed by atoms with E-state index in [1.165, 1.54) is 22.2 Å². The summed E-state index contributed by atoms with van der Waals surface area (Å²) in [7, 11) is 0. The number of aromatic nitrogens is 2. The molecule has 6 nitrogen and oxygen atoms in total. The Morgan fingerprint density at radius 3 is 2.74 bits per heavy atom. The summed E-state index contributed by atoms with van der Waals surface area (Å²) in [4.78, 5) is 18.8. The maximum Gasteiger partial charge on any atom is 0.435 e. The second-order valence-electron chi connectivity index (χ2n) is 10.1. The van der Waals surface area contributed by atoms with Gasteiger partial charge in [0, 0.05) is 54.3 Å². The van der Waals surface area contributed by atoms with Gasteiger partial charge in [-0.3, -0.25) is 14.4 Å². The normalized spacial score (nSPS) is 19.9. The summed E-state index contributed by atoms with van der Waals surface area (Å²) in [5, 5.41) is 13.4. The van der Waals surface area contributed by atoms with Crippen LogP contribution >= 0.6 is 11.3 Å². The fourth-order valence-electron chi connectivity index (χ4n) is 5.60. The molecule has 39 heavy (non-hydrogen) atoms. The standard InChI is InChI=1S/C29H30F3N5OS/c1-3-37-17-25(28(34-37)29(30,31)32)22-10-5-4-9-21(22)24-16-36(18-26-23(24)14-20(15-33)39-26)27(38)11-7-13-35-12-6-8-19(35)2/h4-5,7,9-11,14,17,19,24H,3,6,8,12-13,16,18H2,1-2H3/b11-7+/t19?,24-/m0/s1. The summed E-state index contributed by atoms with van der Waals surface area (Å²) in [5.41, 5.74) is 1.08. The molecule has 2 atom stereocenters. The van der Waals surface area contributed by atoms with Crippen LogP contribution in [0.5, 0.6) is 0 Å². The van der Waals surface area contributed by atoms with Crippen molar-refractivity contribution >= 4 is 17.2 Å². The number of rotatable bonds is 6. The third-order valence-electron chi connectivity index (χ3n) is 7.65. The van der Waals surface area contributed by atoms with E-state index in [0.717, 1.165) is 29.8 Å². The summed E-state index contributed by atoms with van der Waals surface area (Å²) in [5.74, 6) is -0.526. The molecule has 2 aliphatic rings. The second kappa shape index (κ2) is 11.0. The van der Waals surface area contributed by atoms with Gasteiger partial charge in [0.1, 0.15) is 10.9 Å². The molecular weight excluding hydrogens is 523 g/mol. The van der Waals surface area contributed by atoms with Gasteiger partial charge in [0.25, 0.3) is 0 Å². The van der Waals surface area contributed by atoms with Gasteiger partial charge < -0.3 is 4.90 Å². The zero-order chi connectivity index (χ0) is 27.7. The van der Waals surface area contributed by atoms with Crippen molar-refractivity contribution in [1.82, 2.24) is 19.6 Å². The highest BCUT2D eigenvalue weighted by atomic mass is 32.1. The largest absolute Gasteiger partial charge is 0.435 e. The molecule has 2 aliphatic heterocycles. The lowest BCUT2D eigenvalue weighted by molar-refractivity contribution is -0.141. The molecule has 4 heterocycles. The number of hydrogen-bond acceptors (Lipinski definition) is 5. The van der Waals surface area contributed by atoms with Crippen LogP contribution in [-0.2, 0) is 24.1 Å². The number of amides is 1. The number of thiophene rings is 1. The van der Waals surface area contributed by atoms with E-state index in [1.54, 1.807) is 36.1 Å². The minimum atomic E-state index is -4.61. The monoisotopic (exact) mass is 553 g/mol. The highest BCUT2D eigenvalue weighted by Crippen LogP contribution is 2.44. The van der Waals surface area contributed by atoms with Crippen molar-refractivity contribution in [3.63, 3.8) is 0 Å². The van der Waals surface area contributed by atoms with Gasteiger partial charge in [-0.1, -0.05) is 30.3 Å². The minimum absolute atomic E-state index is 0.0142. The first kappa shape index (κ1) is 27.2. The van der Waals surface area contributed by atoms with Gasteiger partial charge in [-0.05, 0) is 56.0 Å². The molecule has 204 valence electrons. The molecule has 2 aromatic heterocycles. The molecule has 1 amide bonds. The number of nitrogens with zero attached hydrogens (tertiary/aromatic N) is 5. The van der Waals surface area contributed by atoms with Crippen LogP contribution in [0.15, 0.2) is 48.7 Å². The predicted molar refractivity (Wildman–Crippen MR) is 144 cm³/mol. The van der Waals surface area contributed by atoms with Crippen molar-refractivity contribution in [2.75, 3.05) is 19.6 Å². The maximum atomic E-state index is 14.0. The van der Waals surface area contributed by atoms with E-state index >= 15 is 0 Å². The van der Waals surface area contributed by atoms with Gasteiger partial charge in [0.15, 0.2) is 5.69 Å². The maximum absolute atomic E-state index is 14.0. The van der Waals surface area contributed by atoms with Crippen LogP contribution in [0.25, 0.3) is 11.1 Å². The van der Waals surface area contributed by atoms with E-state index in [9.17, 15) is 23.2 Å². The molecule has 0 spiro atoms. The molecule has 3 aromatic rings. The first-order chi connectivity index (χ1) is 18.7. The van der Waals surface area contributed by atoms with Crippen LogP contribution in [0.3, 0.4) is 0 Å². The van der Waals surface area contributed by atoms with Gasteiger partial charge >= 0.3 is 6.18 Å². The second-order valence-corrected chi connectivity index (χ2v) is 11.2. The molecule has 0 aliphatic carbocycles. The SMILES string of the molecule is CCn1cc(-c2ccccc2[C@@H]2CN(C(=O)/C=C/CN3CCCC3C)Cc3sc(C#N)cc32)c(C(F)(F)F)n1. The van der Waals surface area contributed by atoms with E-state index in [1.807, 2.05) is 18.2 Å². The fraction of sp³-hybridized carbons (Fsp3) is 0.414. The van der Waals surface area contributed by atoms with Crippen molar-refractivity contribution in [2.24, 2.45) is 0 Å². The topological polar surface area (TPSA) is 65.2 Å². The van der Waals surface area contributed by atoms with Crippen molar-refractivity contribution in [2.45, 2.75) is 57.9 Å². The Labute approximate surface area is 230 Å². The number of likely N-dealkylation sites (tertiary alicyclic amines) is 1. The number of fused-ring (bicyclic) bond motifs is 1. The van der Waals surface area contributed by atoms with Crippen molar-refractivity contribution in [3.05, 3.63) is 75.3 Å². The van der Waals surface area contributed by atoms with Crippen LogP contribution < -0.4 is 0 Å². The average Bonchev–Trinajstić information content (AvgIpc) is 3.65. The lowest BCUT2D eigenvalue weighted by atomic mass is 9.83. The van der Waals surface area contributed by atoms with Gasteiger partial charge in [-0.25, -0.2) is 0 Å². The molecule has 1 aromatic carbocycles. The Kier molecular flexibility index (Phi) is 7.65. The van der Waals surface area contributed by atoms with Crippen LogP contribution in [-0.4, -0.2) is 51.2 Å². The lowest BCUT2D eigenvalue weighted by Crippen LogP contribution is -2.37. The smallest absolute Gasteiger partial charge is 0.333 e. The van der Waals surface area contributed by atoms with E-state index in [-0.39, 0.29) is 17.4 Å². The summed E-state index contributed by atoms with van der Waals surface area (Å²) in [6.07, 6.45) is 2.63. The lowest BCUT2D eigenvalue weighted by Gasteiger charge is -2.33. The first-order valence-corrected chi connectivity index (χ1v) is 14.0. The average molecular weight is 554 g/mol. The molecule has 0 radical (unpaired) electrons. The Hall–Kier alpha value is -3.42. The highest BCUT2D eigenvalue weighted by Gasteiger charge is 2.39. The number of carbonyl (C=O) groups excluding carboxylic acids is 1. The molecule has 0 saturated carbocycles. The summed E-state index contributed by atoms with van der Waals surface area (Å²) in [6, 6.07) is 11.5. The van der Waals surface area contributed by atoms with Gasteiger partial charge in [-0.15, -0.1) is 11.3 Å². The Balaban J connectivity index is 1.51. The number of aryl methyl sites for hydroxylation is 1. The molecule has 0 N–H and O–H groups in total. The molecule has 1 fully saturated rings. The third-order valence-corrected chi connectivity index (χ3v) is 8.69. The Morgan fingerprint density at radius 2 is 2.05 bits per heavy atom. The number of carbonyl (C=O) groups is 1. The first-order valence-electron chi connectivity index (χ1n) is 13.2. The number of benzene rings is 1. The number of alkyl halides is 3. The zero-order valence-corrected chi connectivity index (χ0v) is 22.7. The number of nitriles is 1. The van der Waals surface area contributed by atoms with E-state index in [4.69, 9.17) is 0 Å². The molecule has 5 rings (SSSR count). The quantitative estimate of drug-likeness (QED) is 0.350. The van der Waals surface area contributed by atoms with Gasteiger partial charge in [0.05, 0.1) is 6.54 Å². The van der Waals surface area contributed by atoms with E-state index in [0.29, 0.717) is 48.2 Å². The van der Waals surface area contributed by atoms with E-state index < -0.39 is 11.9 Å². The Bertz CT molecular complexity index is 1430. The summed E-state index contributed by atoms with van der Waals surface area (Å²) < 4.78 is 43.3. The molecular formula is C29H30F3N5OS. The number of halogens is 3. The molecule has 0 bridgehead atoms. The summed E-state index contributed by atoms with van der Waals surface area (Å²) in [6.45, 7) is 6.63. The zero-order valence-electron chi connectivity index (χ0n) is 21.9. The fourth-order valence-corrected chi connectivity index (χ4v) is 6.64. The predicted octanol–water partition coefficient (Wildman–Crippen LogP) is 6.04. The minimum Gasteiger partial charge on any atom is -0.333 e. The van der Waals surface area contributed by atoms with Crippen molar-refractivity contribution in [3.8, 4) is 17.2 Å². The van der Waals surface area contributed by atoms with Crippen LogP contribution in [0.2, 0.25) is 0 Å². The van der Waals surface area contributed by atoms with Gasteiger partial charge in [0.2, 0.25) is 5.91 Å². The molecule has 1 saturated heterocycles. The van der Waals surface area contributed by atoms with E-state index in [2.05, 4.69) is 23.0 Å². The Morgan fingerprint density at radius 1 is 1.26 bits per heavy atom. The van der Waals surface area contributed by atoms with Crippen LogP contribution in [0, 0.1) is 11.3 Å². The molecule has 10 heteroatoms. The third kappa shape index (κ3) is 5.52. The summed E-state index contributed by atoms with van der Waals surface area (Å²) >= 11 is 1.33. The van der Waals surface area contributed by atoms with Crippen molar-refractivity contribution in [1.29, 1.82) is 5.26 Å². The number of hydrogen-bond donors (Lipinski definition) is 0. The molecule has 1 unspecified atom stereocenters.